The predicted octanol–water partition coefficient (Wildman–Crippen LogP) is 4.29. The van der Waals surface area contributed by atoms with Crippen molar-refractivity contribution in [3.63, 3.8) is 0 Å². The summed E-state index contributed by atoms with van der Waals surface area (Å²) in [6, 6.07) is 3.62. The van der Waals surface area contributed by atoms with Gasteiger partial charge in [0, 0.05) is 13.1 Å². The fourth-order valence-corrected chi connectivity index (χ4v) is 4.99. The van der Waals surface area contributed by atoms with Crippen molar-refractivity contribution in [2.24, 2.45) is 0 Å². The van der Waals surface area contributed by atoms with Gasteiger partial charge in [-0.05, 0) is 79.3 Å². The molecule has 0 aliphatic carbocycles. The number of pyridine rings is 1. The molecule has 3 rings (SSSR count). The van der Waals surface area contributed by atoms with Gasteiger partial charge in [0.25, 0.3) is 0 Å². The first-order valence-electron chi connectivity index (χ1n) is 11.0. The minimum Gasteiger partial charge on any atom is -0.444 e. The molecule has 1 aromatic heterocycles. The van der Waals surface area contributed by atoms with E-state index in [1.807, 2.05) is 73.8 Å². The van der Waals surface area contributed by atoms with Crippen LogP contribution in [0, 0.1) is 0 Å². The molecule has 2 aliphatic heterocycles. The maximum atomic E-state index is 12.9. The van der Waals surface area contributed by atoms with Gasteiger partial charge in [0.15, 0.2) is 0 Å². The molecule has 1 amide bonds. The lowest BCUT2D eigenvalue weighted by Gasteiger charge is -2.45. The van der Waals surface area contributed by atoms with E-state index >= 15 is 0 Å². The molecule has 2 saturated heterocycles. The van der Waals surface area contributed by atoms with Crippen LogP contribution in [-0.2, 0) is 14.0 Å². The topological polar surface area (TPSA) is 64.1 Å². The quantitative estimate of drug-likeness (QED) is 0.361. The number of aromatic nitrogens is 1. The van der Waals surface area contributed by atoms with E-state index in [2.05, 4.69) is 9.29 Å². The average Bonchev–Trinajstić information content (AvgIpc) is 2.86. The third kappa shape index (κ3) is 5.22. The van der Waals surface area contributed by atoms with E-state index in [0.717, 1.165) is 5.56 Å². The Bertz CT molecular complexity index is 848. The average molecular weight is 484 g/mol. The van der Waals surface area contributed by atoms with Gasteiger partial charge >= 0.3 is 13.2 Å². The van der Waals surface area contributed by atoms with Gasteiger partial charge in [-0.15, -0.1) is 0 Å². The zero-order chi connectivity index (χ0) is 24.1. The summed E-state index contributed by atoms with van der Waals surface area (Å²) in [5, 5.41) is 0.370. The van der Waals surface area contributed by atoms with Crippen LogP contribution in [0.15, 0.2) is 12.1 Å². The van der Waals surface area contributed by atoms with Crippen LogP contribution in [-0.4, -0.2) is 69.6 Å². The molecule has 0 bridgehead atoms. The molecule has 0 aromatic carbocycles. The van der Waals surface area contributed by atoms with Crippen LogP contribution < -0.4 is 5.59 Å². The van der Waals surface area contributed by atoms with Gasteiger partial charge in [0.2, 0.25) is 0 Å². The monoisotopic (exact) mass is 483 g/mol. The van der Waals surface area contributed by atoms with Crippen LogP contribution in [0.3, 0.4) is 0 Å². The molecule has 2 aliphatic rings. The highest BCUT2D eigenvalue weighted by molar-refractivity contribution is 7.96. The van der Waals surface area contributed by atoms with Crippen LogP contribution in [0.1, 0.15) is 67.0 Å². The summed E-state index contributed by atoms with van der Waals surface area (Å²) in [6.45, 7) is 17.0. The first-order chi connectivity index (χ1) is 14.6. The Hall–Kier alpha value is -0.995. The molecule has 0 spiro atoms. The summed E-state index contributed by atoms with van der Waals surface area (Å²) in [4.78, 5) is 19.2. The van der Waals surface area contributed by atoms with E-state index in [9.17, 15) is 4.79 Å². The molecule has 2 atom stereocenters. The zero-order valence-electron chi connectivity index (χ0n) is 20.6. The molecule has 1 unspecified atom stereocenters. The molecule has 10 heteroatoms. The first-order valence-corrected chi connectivity index (χ1v) is 12.5. The van der Waals surface area contributed by atoms with Crippen molar-refractivity contribution in [1.82, 2.24) is 14.2 Å². The summed E-state index contributed by atoms with van der Waals surface area (Å²) in [5.41, 5.74) is 0.100. The largest absolute Gasteiger partial charge is 0.514 e. The van der Waals surface area contributed by atoms with Crippen molar-refractivity contribution >= 4 is 42.4 Å². The molecular formula is C22H35BClN3O4S. The smallest absolute Gasteiger partial charge is 0.444 e. The molecule has 0 radical (unpaired) electrons. The number of rotatable bonds is 3. The minimum atomic E-state index is -0.610. The number of piperazine rings is 1. The highest BCUT2D eigenvalue weighted by Crippen LogP contribution is 2.38. The second kappa shape index (κ2) is 8.98. The van der Waals surface area contributed by atoms with Crippen molar-refractivity contribution < 1.29 is 18.8 Å². The van der Waals surface area contributed by atoms with Gasteiger partial charge in [-0.3, -0.25) is 0 Å². The molecule has 7 nitrogen and oxygen atoms in total. The van der Waals surface area contributed by atoms with E-state index in [4.69, 9.17) is 25.6 Å². The van der Waals surface area contributed by atoms with E-state index < -0.39 is 23.9 Å². The van der Waals surface area contributed by atoms with Crippen LogP contribution in [0.4, 0.5) is 4.79 Å². The maximum absolute atomic E-state index is 12.9. The number of carbonyl (C=O) groups excluding carboxylic acids is 1. The lowest BCUT2D eigenvalue weighted by atomic mass is 9.82. The first kappa shape index (κ1) is 25.6. The van der Waals surface area contributed by atoms with E-state index in [1.165, 1.54) is 0 Å². The van der Waals surface area contributed by atoms with Gasteiger partial charge in [-0.2, -0.15) is 0 Å². The Morgan fingerprint density at radius 1 is 1.22 bits per heavy atom. The normalized spacial score (nSPS) is 25.8. The van der Waals surface area contributed by atoms with Crippen molar-refractivity contribution in [2.75, 3.05) is 19.3 Å². The Kier molecular flexibility index (Phi) is 7.19. The molecule has 32 heavy (non-hydrogen) atoms. The fraction of sp³-hybridized carbons (Fsp3) is 0.727. The Morgan fingerprint density at radius 2 is 1.81 bits per heavy atom. The number of nitrogens with zero attached hydrogens (tertiary/aromatic N) is 3. The van der Waals surface area contributed by atoms with Gasteiger partial charge < -0.3 is 18.9 Å². The number of ether oxygens (including phenoxy) is 1. The van der Waals surface area contributed by atoms with Gasteiger partial charge in [-0.25, -0.2) is 14.1 Å². The predicted molar refractivity (Wildman–Crippen MR) is 130 cm³/mol. The SMILES string of the molecule is CSN1CCN(C(=O)OC(C)(C)C)[C@H](C)C1c1cc(Cl)nc(B2OC(C)(C)C(C)(C)O2)c1. The number of halogens is 1. The highest BCUT2D eigenvalue weighted by Gasteiger charge is 2.52. The van der Waals surface area contributed by atoms with E-state index in [0.29, 0.717) is 23.8 Å². The molecule has 178 valence electrons. The molecule has 2 fully saturated rings. The summed E-state index contributed by atoms with van der Waals surface area (Å²) in [7, 11) is -0.610. The van der Waals surface area contributed by atoms with Gasteiger partial charge in [0.1, 0.15) is 10.8 Å². The second-order valence-electron chi connectivity index (χ2n) is 10.4. The van der Waals surface area contributed by atoms with E-state index in [1.54, 1.807) is 16.8 Å². The van der Waals surface area contributed by atoms with Crippen molar-refractivity contribution in [1.29, 1.82) is 0 Å². The number of amides is 1. The summed E-state index contributed by atoms with van der Waals surface area (Å²) >= 11 is 8.11. The third-order valence-electron chi connectivity index (χ3n) is 6.36. The zero-order valence-corrected chi connectivity index (χ0v) is 22.1. The lowest BCUT2D eigenvalue weighted by molar-refractivity contribution is -0.000717. The highest BCUT2D eigenvalue weighted by atomic mass is 35.5. The van der Waals surface area contributed by atoms with E-state index in [-0.39, 0.29) is 18.2 Å². The third-order valence-corrected chi connectivity index (χ3v) is 7.43. The number of hydrogen-bond donors (Lipinski definition) is 0. The minimum absolute atomic E-state index is 0.0899. The molecule has 0 N–H and O–H groups in total. The molecule has 3 heterocycles. The summed E-state index contributed by atoms with van der Waals surface area (Å²) in [6.07, 6.45) is 1.74. The fourth-order valence-electron chi connectivity index (χ4n) is 3.98. The Labute approximate surface area is 201 Å². The molecule has 0 saturated carbocycles. The van der Waals surface area contributed by atoms with Crippen LogP contribution in [0.25, 0.3) is 0 Å². The molecular weight excluding hydrogens is 449 g/mol. The standard InChI is InChI=1S/C22H35BClN3O4S/c1-14-18(27(32-9)11-10-26(14)19(28)29-20(2,3)4)15-12-16(25-17(24)13-15)23-30-21(5,6)22(7,8)31-23/h12-14,18H,10-11H2,1-9H3/t14-,18?/m1/s1. The van der Waals surface area contributed by atoms with Crippen molar-refractivity contribution in [3.8, 4) is 0 Å². The van der Waals surface area contributed by atoms with Gasteiger partial charge in [0.05, 0.1) is 28.9 Å². The van der Waals surface area contributed by atoms with Gasteiger partial charge in [-0.1, -0.05) is 23.5 Å². The van der Waals surface area contributed by atoms with Crippen LogP contribution in [0.5, 0.6) is 0 Å². The number of carbonyl (C=O) groups is 1. The van der Waals surface area contributed by atoms with Crippen LogP contribution in [0.2, 0.25) is 5.15 Å². The summed E-state index contributed by atoms with van der Waals surface area (Å²) in [5.74, 6) is 0. The second-order valence-corrected chi connectivity index (χ2v) is 11.6. The summed E-state index contributed by atoms with van der Waals surface area (Å²) < 4.78 is 20.3. The lowest BCUT2D eigenvalue weighted by Crippen LogP contribution is -2.54. The Morgan fingerprint density at radius 3 is 2.34 bits per heavy atom. The number of hydrogen-bond acceptors (Lipinski definition) is 7. The molecule has 1 aromatic rings. The van der Waals surface area contributed by atoms with Crippen molar-refractivity contribution in [3.05, 3.63) is 22.8 Å². The Balaban J connectivity index is 1.93. The van der Waals surface area contributed by atoms with Crippen LogP contribution >= 0.6 is 23.5 Å². The van der Waals surface area contributed by atoms with Crippen molar-refractivity contribution in [2.45, 2.75) is 84.3 Å². The maximum Gasteiger partial charge on any atom is 0.514 e.